The summed E-state index contributed by atoms with van der Waals surface area (Å²) in [4.78, 5) is 22.7. The van der Waals surface area contributed by atoms with Crippen LogP contribution in [0.25, 0.3) is 0 Å². The maximum absolute atomic E-state index is 11.5. The Morgan fingerprint density at radius 3 is 2.60 bits per heavy atom. The molecule has 0 aliphatic rings. The van der Waals surface area contributed by atoms with Crippen LogP contribution in [0.5, 0.6) is 5.75 Å². The van der Waals surface area contributed by atoms with Gasteiger partial charge in [0.25, 0.3) is 0 Å². The van der Waals surface area contributed by atoms with E-state index in [1.54, 1.807) is 13.0 Å². The van der Waals surface area contributed by atoms with Gasteiger partial charge < -0.3 is 15.2 Å². The molecule has 1 aromatic rings. The van der Waals surface area contributed by atoms with Gasteiger partial charge in [-0.1, -0.05) is 15.9 Å². The van der Waals surface area contributed by atoms with Crippen molar-refractivity contribution in [3.63, 3.8) is 0 Å². The summed E-state index contributed by atoms with van der Waals surface area (Å²) >= 11 is 3.25. The van der Waals surface area contributed by atoms with Crippen LogP contribution in [0.4, 0.5) is 0 Å². The van der Waals surface area contributed by atoms with Crippen LogP contribution < -0.4 is 10.1 Å². The summed E-state index contributed by atoms with van der Waals surface area (Å²) in [7, 11) is 0. The van der Waals surface area contributed by atoms with Gasteiger partial charge in [-0.25, -0.2) is 4.79 Å². The van der Waals surface area contributed by atoms with E-state index in [2.05, 4.69) is 21.2 Å². The number of benzene rings is 1. The average Bonchev–Trinajstić information content (AvgIpc) is 2.30. The summed E-state index contributed by atoms with van der Waals surface area (Å²) in [5, 5.41) is 11.9. The van der Waals surface area contributed by atoms with Crippen molar-refractivity contribution in [3.05, 3.63) is 27.7 Å². The SMILES string of the molecule is Cc1cc(Br)cc(C(=O)O)c1OCCC(=O)NC(C)C. The Morgan fingerprint density at radius 1 is 1.40 bits per heavy atom. The highest BCUT2D eigenvalue weighted by Gasteiger charge is 2.15. The first-order chi connectivity index (χ1) is 9.31. The molecule has 5 nitrogen and oxygen atoms in total. The van der Waals surface area contributed by atoms with Gasteiger partial charge >= 0.3 is 5.97 Å². The summed E-state index contributed by atoms with van der Waals surface area (Å²) in [6.07, 6.45) is 0.187. The second-order valence-electron chi connectivity index (χ2n) is 4.73. The summed E-state index contributed by atoms with van der Waals surface area (Å²) in [5.74, 6) is -0.874. The van der Waals surface area contributed by atoms with Crippen LogP contribution >= 0.6 is 15.9 Å². The first kappa shape index (κ1) is 16.5. The van der Waals surface area contributed by atoms with E-state index in [1.165, 1.54) is 6.07 Å². The lowest BCUT2D eigenvalue weighted by atomic mass is 10.1. The van der Waals surface area contributed by atoms with Crippen LogP contribution in [0.3, 0.4) is 0 Å². The number of halogens is 1. The van der Waals surface area contributed by atoms with Crippen LogP contribution in [-0.2, 0) is 4.79 Å². The van der Waals surface area contributed by atoms with Crippen molar-refractivity contribution < 1.29 is 19.4 Å². The third-order valence-electron chi connectivity index (χ3n) is 2.49. The number of carboxylic acid groups (broad SMARTS) is 1. The number of nitrogens with one attached hydrogen (secondary N) is 1. The molecule has 0 saturated heterocycles. The Kier molecular flexibility index (Phi) is 6.01. The smallest absolute Gasteiger partial charge is 0.339 e. The second kappa shape index (κ2) is 7.28. The molecule has 0 radical (unpaired) electrons. The van der Waals surface area contributed by atoms with E-state index in [9.17, 15) is 9.59 Å². The van der Waals surface area contributed by atoms with Crippen molar-refractivity contribution in [2.75, 3.05) is 6.61 Å². The zero-order valence-corrected chi connectivity index (χ0v) is 13.3. The van der Waals surface area contributed by atoms with Crippen LogP contribution in [0.1, 0.15) is 36.2 Å². The van der Waals surface area contributed by atoms with Gasteiger partial charge in [0, 0.05) is 10.5 Å². The maximum atomic E-state index is 11.5. The molecule has 110 valence electrons. The molecule has 0 aromatic heterocycles. The lowest BCUT2D eigenvalue weighted by Gasteiger charge is -2.13. The number of hydrogen-bond acceptors (Lipinski definition) is 3. The Bertz CT molecular complexity index is 514. The third-order valence-corrected chi connectivity index (χ3v) is 2.95. The molecule has 0 unspecified atom stereocenters. The van der Waals surface area contributed by atoms with Gasteiger partial charge in [-0.2, -0.15) is 0 Å². The van der Waals surface area contributed by atoms with Crippen LogP contribution in [0, 0.1) is 6.92 Å². The van der Waals surface area contributed by atoms with Gasteiger partial charge in [-0.15, -0.1) is 0 Å². The van der Waals surface area contributed by atoms with E-state index < -0.39 is 5.97 Å². The molecular formula is C14H18BrNO4. The fraction of sp³-hybridized carbons (Fsp3) is 0.429. The average molecular weight is 344 g/mol. The van der Waals surface area contributed by atoms with E-state index in [-0.39, 0.29) is 30.5 Å². The first-order valence-corrected chi connectivity index (χ1v) is 7.06. The molecular weight excluding hydrogens is 326 g/mol. The van der Waals surface area contributed by atoms with Crippen molar-refractivity contribution in [1.29, 1.82) is 0 Å². The second-order valence-corrected chi connectivity index (χ2v) is 5.64. The molecule has 1 aromatic carbocycles. The number of aryl methyl sites for hydroxylation is 1. The number of amides is 1. The Labute approximate surface area is 126 Å². The first-order valence-electron chi connectivity index (χ1n) is 6.27. The van der Waals surface area contributed by atoms with E-state index in [0.29, 0.717) is 15.8 Å². The van der Waals surface area contributed by atoms with Crippen molar-refractivity contribution in [2.45, 2.75) is 33.2 Å². The normalized spacial score (nSPS) is 10.4. The zero-order valence-electron chi connectivity index (χ0n) is 11.7. The molecule has 1 amide bonds. The fourth-order valence-corrected chi connectivity index (χ4v) is 2.29. The third kappa shape index (κ3) is 4.85. The Hall–Kier alpha value is -1.56. The molecule has 0 aliphatic heterocycles. The minimum atomic E-state index is -1.06. The van der Waals surface area contributed by atoms with E-state index in [4.69, 9.17) is 9.84 Å². The molecule has 6 heteroatoms. The highest BCUT2D eigenvalue weighted by atomic mass is 79.9. The van der Waals surface area contributed by atoms with Crippen LogP contribution in [0.2, 0.25) is 0 Å². The molecule has 0 aliphatic carbocycles. The van der Waals surface area contributed by atoms with Gasteiger partial charge in [-0.3, -0.25) is 4.79 Å². The molecule has 1 rings (SSSR count). The van der Waals surface area contributed by atoms with Crippen molar-refractivity contribution in [3.8, 4) is 5.75 Å². The van der Waals surface area contributed by atoms with E-state index in [1.807, 2.05) is 13.8 Å². The topological polar surface area (TPSA) is 75.6 Å². The molecule has 0 bridgehead atoms. The number of carbonyl (C=O) groups is 2. The predicted molar refractivity (Wildman–Crippen MR) is 79.2 cm³/mol. The summed E-state index contributed by atoms with van der Waals surface area (Å²) in [6, 6.07) is 3.33. The van der Waals surface area contributed by atoms with Gasteiger partial charge in [-0.05, 0) is 38.5 Å². The number of rotatable bonds is 6. The van der Waals surface area contributed by atoms with Crippen LogP contribution in [-0.4, -0.2) is 29.6 Å². The van der Waals surface area contributed by atoms with Crippen LogP contribution in [0.15, 0.2) is 16.6 Å². The van der Waals surface area contributed by atoms with E-state index in [0.717, 1.165) is 0 Å². The van der Waals surface area contributed by atoms with E-state index >= 15 is 0 Å². The molecule has 0 saturated carbocycles. The molecule has 0 atom stereocenters. The van der Waals surface area contributed by atoms with Crippen molar-refractivity contribution in [2.24, 2.45) is 0 Å². The maximum Gasteiger partial charge on any atom is 0.339 e. The highest BCUT2D eigenvalue weighted by Crippen LogP contribution is 2.28. The number of aromatic carboxylic acids is 1. The largest absolute Gasteiger partial charge is 0.492 e. The van der Waals surface area contributed by atoms with Crippen molar-refractivity contribution in [1.82, 2.24) is 5.32 Å². The Balaban J connectivity index is 2.73. The summed E-state index contributed by atoms with van der Waals surface area (Å²) in [6.45, 7) is 5.66. The Morgan fingerprint density at radius 2 is 2.05 bits per heavy atom. The summed E-state index contributed by atoms with van der Waals surface area (Å²) < 4.78 is 6.15. The monoisotopic (exact) mass is 343 g/mol. The number of carbonyl (C=O) groups excluding carboxylic acids is 1. The van der Waals surface area contributed by atoms with Gasteiger partial charge in [0.05, 0.1) is 13.0 Å². The molecule has 2 N–H and O–H groups in total. The molecule has 0 spiro atoms. The molecule has 0 heterocycles. The van der Waals surface area contributed by atoms with Gasteiger partial charge in [0.1, 0.15) is 11.3 Å². The number of carboxylic acids is 1. The van der Waals surface area contributed by atoms with Crippen molar-refractivity contribution >= 4 is 27.8 Å². The van der Waals surface area contributed by atoms with Gasteiger partial charge in [0.2, 0.25) is 5.91 Å². The standard InChI is InChI=1S/C14H18BrNO4/c1-8(2)16-12(17)4-5-20-13-9(3)6-10(15)7-11(13)14(18)19/h6-8H,4-5H2,1-3H3,(H,16,17)(H,18,19). The summed E-state index contributed by atoms with van der Waals surface area (Å²) in [5.41, 5.74) is 0.794. The number of ether oxygens (including phenoxy) is 1. The zero-order chi connectivity index (χ0) is 15.3. The van der Waals surface area contributed by atoms with Gasteiger partial charge in [0.15, 0.2) is 0 Å². The fourth-order valence-electron chi connectivity index (χ4n) is 1.72. The minimum Gasteiger partial charge on any atom is -0.492 e. The number of hydrogen-bond donors (Lipinski definition) is 2. The predicted octanol–water partition coefficient (Wildman–Crippen LogP) is 2.75. The highest BCUT2D eigenvalue weighted by molar-refractivity contribution is 9.10. The molecule has 0 fully saturated rings. The minimum absolute atomic E-state index is 0.0755. The lowest BCUT2D eigenvalue weighted by Crippen LogP contribution is -2.31. The lowest BCUT2D eigenvalue weighted by molar-refractivity contribution is -0.122. The quantitative estimate of drug-likeness (QED) is 0.832. The molecule has 20 heavy (non-hydrogen) atoms.